The highest BCUT2D eigenvalue weighted by atomic mass is 27.2. The fourth-order valence-electron chi connectivity index (χ4n) is 3.96. The summed E-state index contributed by atoms with van der Waals surface area (Å²) >= 11 is -6.56. The van der Waals surface area contributed by atoms with E-state index in [1.807, 2.05) is 0 Å². The maximum Gasteiger partial charge on any atom is 0.457 e. The fraction of sp³-hybridized carbons (Fsp3) is 0.217. The van der Waals surface area contributed by atoms with E-state index < -0.39 is 129 Å². The Kier molecular flexibility index (Phi) is 10.4. The normalized spacial score (nSPS) is 13.3. The topological polar surface area (TPSA) is 9.23 Å². The van der Waals surface area contributed by atoms with E-state index in [9.17, 15) is 65.9 Å². The Labute approximate surface area is 229 Å². The molecule has 1 fully saturated rings. The average Bonchev–Trinajstić information content (AvgIpc) is 2.95. The number of halogens is 15. The van der Waals surface area contributed by atoms with Crippen LogP contribution in [-0.4, -0.2) is 35.2 Å². The van der Waals surface area contributed by atoms with Gasteiger partial charge in [0.15, 0.2) is 87.3 Å². The summed E-state index contributed by atoms with van der Waals surface area (Å²) in [5, 5.41) is 1.40. The van der Waals surface area contributed by atoms with Crippen molar-refractivity contribution in [3.63, 3.8) is 0 Å². The van der Waals surface area contributed by atoms with Crippen LogP contribution in [0.15, 0.2) is 0 Å². The third-order valence-corrected chi connectivity index (χ3v) is 11.3. The van der Waals surface area contributed by atoms with E-state index in [4.69, 9.17) is 3.79 Å². The lowest BCUT2D eigenvalue weighted by Crippen LogP contribution is -2.60. The summed E-state index contributed by atoms with van der Waals surface area (Å²) < 4.78 is 207. The Morgan fingerprint density at radius 1 is 0.415 bits per heavy atom. The molecule has 0 aromatic heterocycles. The molecule has 1 aliphatic heterocycles. The van der Waals surface area contributed by atoms with Crippen LogP contribution in [0.2, 0.25) is 11.1 Å². The third kappa shape index (κ3) is 5.95. The molecule has 0 unspecified atom stereocenters. The van der Waals surface area contributed by atoms with E-state index in [0.717, 1.165) is 6.61 Å². The van der Waals surface area contributed by atoms with Gasteiger partial charge in [0.25, 0.3) is 0 Å². The molecule has 1 saturated heterocycles. The molecule has 3 aromatic carbocycles. The van der Waals surface area contributed by atoms with Gasteiger partial charge < -0.3 is 3.79 Å². The van der Waals surface area contributed by atoms with E-state index in [-0.39, 0.29) is 0 Å². The molecule has 0 N–H and O–H groups in total. The Balaban J connectivity index is 0.000000575. The molecule has 0 radical (unpaired) electrons. The van der Waals surface area contributed by atoms with Crippen LogP contribution < -0.4 is 13.3 Å². The summed E-state index contributed by atoms with van der Waals surface area (Å²) in [4.78, 5) is 0. The van der Waals surface area contributed by atoms with E-state index in [2.05, 4.69) is 5.79 Å². The summed E-state index contributed by atoms with van der Waals surface area (Å²) in [5.41, 5.74) is 0. The molecule has 220 valence electrons. The minimum atomic E-state index is -5.96. The van der Waals surface area contributed by atoms with Crippen molar-refractivity contribution in [3.8, 4) is 0 Å². The van der Waals surface area contributed by atoms with Gasteiger partial charge in [-0.1, -0.05) is 17.5 Å². The summed E-state index contributed by atoms with van der Waals surface area (Å²) in [6, 6.07) is 0. The van der Waals surface area contributed by atoms with Crippen molar-refractivity contribution in [3.05, 3.63) is 87.3 Å². The quantitative estimate of drug-likeness (QED) is 0.154. The largest absolute Gasteiger partial charge is 0.501 e. The molecule has 0 spiro atoms. The molecular weight excluding hydrogens is 631 g/mol. The predicted molar refractivity (Wildman–Crippen MR) is 115 cm³/mol. The molecular formula is C23H11Al2F15O. The molecule has 0 aliphatic carbocycles. The average molecular weight is 642 g/mol. The zero-order valence-corrected chi connectivity index (χ0v) is 22.4. The maximum absolute atomic E-state index is 14.4. The van der Waals surface area contributed by atoms with Gasteiger partial charge in [0.05, 0.1) is 0 Å². The Bertz CT molecular complexity index is 1260. The van der Waals surface area contributed by atoms with Crippen LogP contribution in [0.5, 0.6) is 0 Å². The fourth-order valence-corrected chi connectivity index (χ4v) is 8.71. The molecule has 3 aromatic rings. The molecule has 18 heteroatoms. The standard InChI is InChI=1S/3C6F5.C4H8O.CH3.2Al/c3*7-2-1-3(8)5(10)6(11)4(2)9;1-2-3-4-5;;;/h;;;1-4H2;1H3;;/q;;;-1;;;+1. The van der Waals surface area contributed by atoms with E-state index in [0.29, 0.717) is 0 Å². The Hall–Kier alpha value is -2.37. The Morgan fingerprint density at radius 2 is 0.659 bits per heavy atom. The second kappa shape index (κ2) is 12.9. The highest BCUT2D eigenvalue weighted by molar-refractivity contribution is 6.95. The van der Waals surface area contributed by atoms with Crippen molar-refractivity contribution in [2.75, 3.05) is 6.61 Å². The van der Waals surface area contributed by atoms with Gasteiger partial charge in [0.2, 0.25) is 0 Å². The lowest BCUT2D eigenvalue weighted by atomic mass is 10.3. The van der Waals surface area contributed by atoms with Gasteiger partial charge in [-0.2, -0.15) is 0 Å². The van der Waals surface area contributed by atoms with Crippen molar-refractivity contribution in [2.45, 2.75) is 23.9 Å². The van der Waals surface area contributed by atoms with Crippen LogP contribution in [0, 0.1) is 87.3 Å². The second-order valence-electron chi connectivity index (χ2n) is 8.56. The highest BCUT2D eigenvalue weighted by Gasteiger charge is 2.47. The lowest BCUT2D eigenvalue weighted by molar-refractivity contribution is 0.291. The summed E-state index contributed by atoms with van der Waals surface area (Å²) in [7, 11) is 0. The van der Waals surface area contributed by atoms with Crippen molar-refractivity contribution < 1.29 is 69.6 Å². The number of hydrogen-bond acceptors (Lipinski definition) is 1. The van der Waals surface area contributed by atoms with Gasteiger partial charge in [-0.3, -0.25) is 0 Å². The first kappa shape index (κ1) is 33.1. The number of hydrogen-bond donors (Lipinski definition) is 0. The van der Waals surface area contributed by atoms with Crippen LogP contribution in [0.4, 0.5) is 65.9 Å². The van der Waals surface area contributed by atoms with Gasteiger partial charge >= 0.3 is 28.6 Å². The SMILES string of the molecule is Fc1c(F)c(F)[c]([Al]([c]2c(F)c(F)c(F)c(F)c2F)[c]2c(F)c(F)c(F)c(F)c2F)c(F)c1F.[CH3][Al]1[CH2]CCC[O]1. The number of benzene rings is 3. The second-order valence-corrected chi connectivity index (χ2v) is 13.7. The van der Waals surface area contributed by atoms with Gasteiger partial charge in [-0.25, -0.2) is 65.9 Å². The monoisotopic (exact) mass is 642 g/mol. The number of rotatable bonds is 3. The van der Waals surface area contributed by atoms with Gasteiger partial charge in [0.1, 0.15) is 0 Å². The lowest BCUT2D eigenvalue weighted by Gasteiger charge is -2.20. The van der Waals surface area contributed by atoms with E-state index >= 15 is 0 Å². The minimum absolute atomic E-state index is 0.595. The molecule has 1 nitrogen and oxygen atoms in total. The Morgan fingerprint density at radius 3 is 0.829 bits per heavy atom. The van der Waals surface area contributed by atoms with Crippen LogP contribution in [0.1, 0.15) is 12.8 Å². The van der Waals surface area contributed by atoms with Crippen molar-refractivity contribution >= 4 is 41.9 Å². The zero-order chi connectivity index (χ0) is 31.1. The first-order valence-corrected chi connectivity index (χ1v) is 15.4. The predicted octanol–water partition coefficient (Wildman–Crippen LogP) is 5.71. The van der Waals surface area contributed by atoms with Crippen molar-refractivity contribution in [1.29, 1.82) is 0 Å². The molecule has 1 aliphatic rings. The molecule has 41 heavy (non-hydrogen) atoms. The highest BCUT2D eigenvalue weighted by Crippen LogP contribution is 2.23. The summed E-state index contributed by atoms with van der Waals surface area (Å²) in [6.07, 6.45) is 2.73. The molecule has 4 rings (SSSR count). The molecule has 0 atom stereocenters. The first-order valence-electron chi connectivity index (χ1n) is 11.2. The third-order valence-electron chi connectivity index (χ3n) is 6.00. The molecule has 0 saturated carbocycles. The first-order chi connectivity index (χ1) is 19.1. The van der Waals surface area contributed by atoms with Crippen molar-refractivity contribution in [2.24, 2.45) is 0 Å². The maximum atomic E-state index is 14.4. The van der Waals surface area contributed by atoms with Crippen LogP contribution in [0.25, 0.3) is 0 Å². The van der Waals surface area contributed by atoms with Crippen LogP contribution in [0.3, 0.4) is 0 Å². The van der Waals surface area contributed by atoms with Crippen LogP contribution in [-0.2, 0) is 3.79 Å². The van der Waals surface area contributed by atoms with E-state index in [1.165, 1.54) is 18.1 Å². The molecule has 0 bridgehead atoms. The minimum Gasteiger partial charge on any atom is -0.501 e. The summed E-state index contributed by atoms with van der Waals surface area (Å²) in [6.45, 7) is 1.05. The van der Waals surface area contributed by atoms with Gasteiger partial charge in [-0.15, -0.1) is 0 Å². The summed E-state index contributed by atoms with van der Waals surface area (Å²) in [5.74, 6) is -42.3. The van der Waals surface area contributed by atoms with Gasteiger partial charge in [-0.05, 0) is 19.7 Å². The van der Waals surface area contributed by atoms with Crippen LogP contribution >= 0.6 is 0 Å². The van der Waals surface area contributed by atoms with E-state index in [1.54, 1.807) is 0 Å². The zero-order valence-electron chi connectivity index (χ0n) is 20.1. The molecule has 0 amide bonds. The van der Waals surface area contributed by atoms with Gasteiger partial charge in [0, 0.05) is 6.61 Å². The van der Waals surface area contributed by atoms with Crippen molar-refractivity contribution in [1.82, 2.24) is 0 Å². The smallest absolute Gasteiger partial charge is 0.457 e. The molecule has 1 heterocycles.